The van der Waals surface area contributed by atoms with E-state index in [1.165, 1.54) is 0 Å². The summed E-state index contributed by atoms with van der Waals surface area (Å²) >= 11 is 0. The lowest BCUT2D eigenvalue weighted by Crippen LogP contribution is -2.03. The van der Waals surface area contributed by atoms with Crippen LogP contribution < -0.4 is 0 Å². The summed E-state index contributed by atoms with van der Waals surface area (Å²) in [6.45, 7) is 4.58. The topological polar surface area (TPSA) is 37.9 Å². The predicted molar refractivity (Wildman–Crippen MR) is 40.6 cm³/mol. The molecule has 0 unspecified atom stereocenters. The number of nitrogens with zero attached hydrogens (tertiary/aromatic N) is 1. The van der Waals surface area contributed by atoms with Gasteiger partial charge in [0.1, 0.15) is 12.4 Å². The Hall–Kier alpha value is -0.830. The van der Waals surface area contributed by atoms with Crippen LogP contribution in [-0.2, 0) is 11.3 Å². The zero-order chi connectivity index (χ0) is 7.40. The maximum atomic E-state index is 5.29. The molecule has 1 aromatic rings. The monoisotopic (exact) mass is 142 g/mol. The lowest BCUT2D eigenvalue weighted by Gasteiger charge is -2.03. The molecule has 1 aromatic heterocycles. The zero-order valence-electron chi connectivity index (χ0n) is 6.29. The average molecular weight is 142 g/mol. The predicted octanol–water partition coefficient (Wildman–Crippen LogP) is 1.58. The molecule has 0 saturated carbocycles. The van der Waals surface area contributed by atoms with Gasteiger partial charge in [-0.05, 0) is 13.8 Å². The molecule has 0 aliphatic heterocycles. The fraction of sp³-hybridized carbons (Fsp3) is 0.571. The zero-order valence-corrected chi connectivity index (χ0v) is 6.29. The third-order valence-corrected chi connectivity index (χ3v) is 1.11. The molecule has 3 heteroatoms. The highest BCUT2D eigenvalue weighted by atomic mass is 16.5. The van der Waals surface area contributed by atoms with Gasteiger partial charge in [-0.25, -0.2) is 4.98 Å². The normalized spacial score (nSPS) is 10.7. The van der Waals surface area contributed by atoms with Crippen molar-refractivity contribution in [2.45, 2.75) is 26.6 Å². The van der Waals surface area contributed by atoms with E-state index in [2.05, 4.69) is 9.97 Å². The molecule has 58 valence electrons. The summed E-state index contributed by atoms with van der Waals surface area (Å²) in [7, 11) is 0. The van der Waals surface area contributed by atoms with E-state index in [4.69, 9.17) is 4.74 Å². The van der Waals surface area contributed by atoms with Crippen molar-refractivity contribution in [3.63, 3.8) is 0 Å². The molecule has 10 heavy (non-hydrogen) atoms. The first-order chi connectivity index (χ1) is 4.79. The van der Waals surface area contributed by atoms with Gasteiger partial charge in [-0.3, -0.25) is 0 Å². The van der Waals surface area contributed by atoms with Gasteiger partial charge < -0.3 is 9.72 Å². The highest BCUT2D eigenvalue weighted by Gasteiger charge is 1.95. The summed E-state index contributed by atoms with van der Waals surface area (Å²) in [4.78, 5) is 6.96. The first-order valence-corrected chi connectivity index (χ1v) is 3.39. The second kappa shape index (κ2) is 3.37. The number of rotatable bonds is 3. The van der Waals surface area contributed by atoms with Crippen LogP contribution in [0.15, 0.2) is 12.4 Å². The van der Waals surface area contributed by atoms with Crippen molar-refractivity contribution in [2.24, 2.45) is 0 Å². The molecule has 0 aliphatic rings. The molecule has 1 rings (SSSR count). The van der Waals surface area contributed by atoms with Crippen LogP contribution in [0, 0.1) is 0 Å². The summed E-state index contributed by atoms with van der Waals surface area (Å²) in [6, 6.07) is 0. The van der Waals surface area contributed by atoms with E-state index < -0.39 is 0 Å². The molecule has 0 aliphatic carbocycles. The highest BCUT2D eigenvalue weighted by Crippen LogP contribution is 1.95. The molecule has 0 fully saturated rings. The first kappa shape index (κ1) is 7.28. The van der Waals surface area contributed by atoms with Gasteiger partial charge in [-0.2, -0.15) is 0 Å². The van der Waals surface area contributed by atoms with Crippen molar-refractivity contribution in [2.75, 3.05) is 0 Å². The maximum Gasteiger partial charge on any atom is 0.132 e. The van der Waals surface area contributed by atoms with Crippen molar-refractivity contribution in [1.82, 2.24) is 9.97 Å². The van der Waals surface area contributed by atoms with Gasteiger partial charge in [0, 0.05) is 13.8 Å². The molecule has 0 aromatic carbocycles. The van der Waals surface area contributed by atoms with Crippen LogP contribution in [0.2, 0.25) is 0 Å². The molecule has 0 radical (unpaired) electrons. The lowest BCUT2D eigenvalue weighted by molar-refractivity contribution is 0.0617. The van der Waals surface area contributed by atoms with Crippen molar-refractivity contribution in [3.05, 3.63) is 18.2 Å². The van der Waals surface area contributed by atoms with Crippen LogP contribution in [0.5, 0.6) is 0 Å². The third kappa shape index (κ3) is 2.19. The third-order valence-electron chi connectivity index (χ3n) is 1.11. The van der Waals surface area contributed by atoms with Gasteiger partial charge in [-0.1, -0.05) is 0 Å². The molecule has 1 N–H and O–H groups in total. The minimum atomic E-state index is 0. The van der Waals surface area contributed by atoms with Crippen LogP contribution in [-0.4, -0.2) is 16.1 Å². The Morgan fingerprint density at radius 1 is 1.80 bits per heavy atom. The van der Waals surface area contributed by atoms with Crippen LogP contribution in [0.1, 0.15) is 21.1 Å². The fourth-order valence-electron chi connectivity index (χ4n) is 0.623. The van der Waals surface area contributed by atoms with E-state index in [1.807, 2.05) is 13.8 Å². The van der Waals surface area contributed by atoms with E-state index in [9.17, 15) is 0 Å². The summed E-state index contributed by atoms with van der Waals surface area (Å²) in [5.41, 5.74) is 0. The van der Waals surface area contributed by atoms with Crippen LogP contribution in [0.25, 0.3) is 0 Å². The molecular formula is C7H14N2O. The standard InChI is InChI=1S/C7H12N2O.H2/c1-6(2)10-5-7-8-3-4-9-7;/h3-4,6H,5H2,1-2H3,(H,8,9);1H. The Balaban J connectivity index is 0.000001000. The number of imidazole rings is 1. The van der Waals surface area contributed by atoms with Gasteiger partial charge in [0.15, 0.2) is 0 Å². The number of aromatic nitrogens is 2. The number of hydrogen-bond acceptors (Lipinski definition) is 2. The quantitative estimate of drug-likeness (QED) is 0.695. The van der Waals surface area contributed by atoms with Gasteiger partial charge >= 0.3 is 0 Å². The molecule has 1 heterocycles. The maximum absolute atomic E-state index is 5.29. The summed E-state index contributed by atoms with van der Waals surface area (Å²) in [5.74, 6) is 0.883. The minimum absolute atomic E-state index is 0. The van der Waals surface area contributed by atoms with Crippen molar-refractivity contribution >= 4 is 0 Å². The van der Waals surface area contributed by atoms with Gasteiger partial charge in [0.25, 0.3) is 0 Å². The number of ether oxygens (including phenoxy) is 1. The van der Waals surface area contributed by atoms with E-state index in [1.54, 1.807) is 12.4 Å². The summed E-state index contributed by atoms with van der Waals surface area (Å²) in [5, 5.41) is 0. The van der Waals surface area contributed by atoms with Crippen LogP contribution in [0.3, 0.4) is 0 Å². The van der Waals surface area contributed by atoms with Gasteiger partial charge in [0.05, 0.1) is 6.10 Å². The van der Waals surface area contributed by atoms with Crippen LogP contribution in [0.4, 0.5) is 0 Å². The average Bonchev–Trinajstić information content (AvgIpc) is 2.34. The Morgan fingerprint density at radius 3 is 3.10 bits per heavy atom. The Morgan fingerprint density at radius 2 is 2.60 bits per heavy atom. The Kier molecular flexibility index (Phi) is 2.45. The van der Waals surface area contributed by atoms with Crippen molar-refractivity contribution < 1.29 is 6.16 Å². The number of aromatic amines is 1. The van der Waals surface area contributed by atoms with E-state index >= 15 is 0 Å². The molecule has 0 bridgehead atoms. The summed E-state index contributed by atoms with van der Waals surface area (Å²) in [6.07, 6.45) is 3.78. The van der Waals surface area contributed by atoms with Gasteiger partial charge in [0.2, 0.25) is 0 Å². The SMILES string of the molecule is CC(C)OCc1ncc[nH]1.[HH]. The molecule has 3 nitrogen and oxygen atoms in total. The minimum Gasteiger partial charge on any atom is -0.371 e. The fourth-order valence-corrected chi connectivity index (χ4v) is 0.623. The lowest BCUT2D eigenvalue weighted by atomic mass is 10.5. The highest BCUT2D eigenvalue weighted by molar-refractivity contribution is 4.83. The van der Waals surface area contributed by atoms with Crippen molar-refractivity contribution in [1.29, 1.82) is 0 Å². The molecule has 0 atom stereocenters. The van der Waals surface area contributed by atoms with Gasteiger partial charge in [-0.15, -0.1) is 0 Å². The number of H-pyrrole nitrogens is 1. The van der Waals surface area contributed by atoms with E-state index in [0.29, 0.717) is 6.61 Å². The smallest absolute Gasteiger partial charge is 0.132 e. The van der Waals surface area contributed by atoms with Crippen molar-refractivity contribution in [3.8, 4) is 0 Å². The first-order valence-electron chi connectivity index (χ1n) is 3.39. The Labute approximate surface area is 61.9 Å². The second-order valence-corrected chi connectivity index (χ2v) is 2.40. The Bertz CT molecular complexity index is 175. The molecule has 0 amide bonds. The largest absolute Gasteiger partial charge is 0.371 e. The molecule has 0 spiro atoms. The van der Waals surface area contributed by atoms with E-state index in [0.717, 1.165) is 5.82 Å². The molecular weight excluding hydrogens is 128 g/mol. The second-order valence-electron chi connectivity index (χ2n) is 2.40. The number of hydrogen-bond donors (Lipinski definition) is 1. The number of nitrogens with one attached hydrogen (secondary N) is 1. The van der Waals surface area contributed by atoms with E-state index in [-0.39, 0.29) is 7.53 Å². The molecule has 0 saturated heterocycles. The van der Waals surface area contributed by atoms with Crippen LogP contribution >= 0.6 is 0 Å². The summed E-state index contributed by atoms with van der Waals surface area (Å²) < 4.78 is 5.29.